The van der Waals surface area contributed by atoms with Crippen LogP contribution in [0.4, 0.5) is 4.39 Å². The Morgan fingerprint density at radius 2 is 1.89 bits per heavy atom. The molecule has 0 heterocycles. The van der Waals surface area contributed by atoms with Crippen molar-refractivity contribution in [1.29, 1.82) is 5.41 Å². The van der Waals surface area contributed by atoms with Crippen molar-refractivity contribution in [2.75, 3.05) is 6.54 Å². The number of aryl methyl sites for hydroxylation is 2. The van der Waals surface area contributed by atoms with E-state index in [0.717, 1.165) is 0 Å². The van der Waals surface area contributed by atoms with E-state index in [1.54, 1.807) is 20.8 Å². The van der Waals surface area contributed by atoms with E-state index in [1.807, 2.05) is 0 Å². The third-order valence-electron chi connectivity index (χ3n) is 2.80. The molecule has 0 spiro atoms. The molecule has 1 atom stereocenters. The molecule has 0 aliphatic heterocycles. The first-order chi connectivity index (χ1) is 8.65. The number of rotatable bonds is 5. The molecule has 5 nitrogen and oxygen atoms in total. The second kappa shape index (κ2) is 5.66. The van der Waals surface area contributed by atoms with Crippen LogP contribution in [-0.2, 0) is 10.0 Å². The molecule has 1 unspecified atom stereocenters. The number of sulfonamides is 1. The Kier molecular flexibility index (Phi) is 4.65. The Morgan fingerprint density at radius 3 is 2.32 bits per heavy atom. The van der Waals surface area contributed by atoms with E-state index in [2.05, 4.69) is 4.72 Å². The van der Waals surface area contributed by atoms with Crippen LogP contribution >= 0.6 is 0 Å². The molecule has 0 aliphatic carbocycles. The van der Waals surface area contributed by atoms with Crippen LogP contribution in [0.1, 0.15) is 18.1 Å². The molecule has 7 heteroatoms. The SMILES string of the molecule is Cc1cc(F)cc(C)c1S(=O)(=O)NCC(C)C(=N)N. The van der Waals surface area contributed by atoms with Gasteiger partial charge in [0.2, 0.25) is 10.0 Å². The zero-order valence-corrected chi connectivity index (χ0v) is 11.9. The molecule has 0 saturated heterocycles. The molecule has 4 N–H and O–H groups in total. The van der Waals surface area contributed by atoms with Crippen molar-refractivity contribution in [3.05, 3.63) is 29.1 Å². The molecule has 1 rings (SSSR count). The van der Waals surface area contributed by atoms with Gasteiger partial charge in [0.15, 0.2) is 0 Å². The average molecular weight is 287 g/mol. The van der Waals surface area contributed by atoms with Gasteiger partial charge in [0.05, 0.1) is 10.7 Å². The van der Waals surface area contributed by atoms with Crippen molar-refractivity contribution in [1.82, 2.24) is 4.72 Å². The second-order valence-electron chi connectivity index (χ2n) is 4.58. The summed E-state index contributed by atoms with van der Waals surface area (Å²) < 4.78 is 39.9. The lowest BCUT2D eigenvalue weighted by Gasteiger charge is -2.14. The second-order valence-corrected chi connectivity index (χ2v) is 6.28. The smallest absolute Gasteiger partial charge is 0.241 e. The van der Waals surface area contributed by atoms with Crippen LogP contribution in [0.15, 0.2) is 17.0 Å². The van der Waals surface area contributed by atoms with E-state index in [0.29, 0.717) is 11.1 Å². The summed E-state index contributed by atoms with van der Waals surface area (Å²) >= 11 is 0. The predicted octanol–water partition coefficient (Wildman–Crippen LogP) is 1.29. The summed E-state index contributed by atoms with van der Waals surface area (Å²) in [5.41, 5.74) is 5.98. The third-order valence-corrected chi connectivity index (χ3v) is 4.53. The summed E-state index contributed by atoms with van der Waals surface area (Å²) in [7, 11) is -3.74. The number of halogens is 1. The quantitative estimate of drug-likeness (QED) is 0.562. The lowest BCUT2D eigenvalue weighted by atomic mass is 10.1. The van der Waals surface area contributed by atoms with Gasteiger partial charge >= 0.3 is 0 Å². The van der Waals surface area contributed by atoms with Gasteiger partial charge in [0.25, 0.3) is 0 Å². The van der Waals surface area contributed by atoms with Crippen molar-refractivity contribution in [3.8, 4) is 0 Å². The summed E-state index contributed by atoms with van der Waals surface area (Å²) in [5, 5.41) is 7.22. The maximum Gasteiger partial charge on any atom is 0.241 e. The van der Waals surface area contributed by atoms with E-state index in [9.17, 15) is 12.8 Å². The maximum atomic E-state index is 13.2. The largest absolute Gasteiger partial charge is 0.387 e. The van der Waals surface area contributed by atoms with Gasteiger partial charge in [-0.15, -0.1) is 0 Å². The van der Waals surface area contributed by atoms with Crippen LogP contribution in [0.5, 0.6) is 0 Å². The number of hydrogen-bond acceptors (Lipinski definition) is 3. The molecule has 0 aromatic heterocycles. The molecule has 0 aliphatic rings. The van der Waals surface area contributed by atoms with Crippen LogP contribution < -0.4 is 10.5 Å². The molecule has 1 aromatic carbocycles. The van der Waals surface area contributed by atoms with E-state index in [-0.39, 0.29) is 17.3 Å². The highest BCUT2D eigenvalue weighted by Gasteiger charge is 2.21. The lowest BCUT2D eigenvalue weighted by Crippen LogP contribution is -2.34. The van der Waals surface area contributed by atoms with Gasteiger partial charge in [-0.3, -0.25) is 5.41 Å². The van der Waals surface area contributed by atoms with E-state index in [4.69, 9.17) is 11.1 Å². The Bertz CT molecular complexity index is 576. The molecule has 0 saturated carbocycles. The van der Waals surface area contributed by atoms with Gasteiger partial charge < -0.3 is 5.73 Å². The Morgan fingerprint density at radius 1 is 1.42 bits per heavy atom. The normalized spacial score (nSPS) is 13.3. The summed E-state index contributed by atoms with van der Waals surface area (Å²) in [5.74, 6) is -0.947. The minimum atomic E-state index is -3.74. The van der Waals surface area contributed by atoms with Crippen LogP contribution in [-0.4, -0.2) is 20.8 Å². The third kappa shape index (κ3) is 3.74. The Balaban J connectivity index is 3.05. The molecular weight excluding hydrogens is 269 g/mol. The first-order valence-electron chi connectivity index (χ1n) is 5.75. The van der Waals surface area contributed by atoms with E-state index < -0.39 is 21.8 Å². The van der Waals surface area contributed by atoms with Gasteiger partial charge in [-0.25, -0.2) is 17.5 Å². The number of amidine groups is 1. The van der Waals surface area contributed by atoms with Gasteiger partial charge in [-0.1, -0.05) is 6.92 Å². The van der Waals surface area contributed by atoms with Crippen LogP contribution in [0, 0.1) is 31.0 Å². The van der Waals surface area contributed by atoms with Crippen molar-refractivity contribution in [2.24, 2.45) is 11.7 Å². The molecule has 0 radical (unpaired) electrons. The zero-order chi connectivity index (χ0) is 14.8. The number of benzene rings is 1. The molecule has 106 valence electrons. The highest BCUT2D eigenvalue weighted by atomic mass is 32.2. The minimum Gasteiger partial charge on any atom is -0.387 e. The fraction of sp³-hybridized carbons (Fsp3) is 0.417. The summed E-state index contributed by atoms with van der Waals surface area (Å²) in [6.07, 6.45) is 0. The first-order valence-corrected chi connectivity index (χ1v) is 7.23. The summed E-state index contributed by atoms with van der Waals surface area (Å²) in [6, 6.07) is 2.35. The van der Waals surface area contributed by atoms with Crippen molar-refractivity contribution in [2.45, 2.75) is 25.7 Å². The van der Waals surface area contributed by atoms with Crippen LogP contribution in [0.25, 0.3) is 0 Å². The van der Waals surface area contributed by atoms with Gasteiger partial charge in [0, 0.05) is 12.5 Å². The number of hydrogen-bond donors (Lipinski definition) is 3. The molecule has 19 heavy (non-hydrogen) atoms. The van der Waals surface area contributed by atoms with Crippen molar-refractivity contribution in [3.63, 3.8) is 0 Å². The zero-order valence-electron chi connectivity index (χ0n) is 11.1. The van der Waals surface area contributed by atoms with E-state index >= 15 is 0 Å². The molecule has 0 amide bonds. The van der Waals surface area contributed by atoms with Crippen LogP contribution in [0.2, 0.25) is 0 Å². The fourth-order valence-corrected chi connectivity index (χ4v) is 3.32. The number of nitrogens with one attached hydrogen (secondary N) is 2. The molecular formula is C12H18FN3O2S. The van der Waals surface area contributed by atoms with Gasteiger partial charge in [-0.05, 0) is 37.1 Å². The standard InChI is InChI=1S/C12H18FN3O2S/c1-7-4-10(13)5-8(2)11(7)19(17,18)16-6-9(3)12(14)15/h4-5,9,16H,6H2,1-3H3,(H3,14,15). The molecule has 1 aromatic rings. The maximum absolute atomic E-state index is 13.2. The molecule has 0 fully saturated rings. The first kappa shape index (κ1) is 15.6. The van der Waals surface area contributed by atoms with Crippen LogP contribution in [0.3, 0.4) is 0 Å². The predicted molar refractivity (Wildman–Crippen MR) is 72.1 cm³/mol. The summed E-state index contributed by atoms with van der Waals surface area (Å²) in [6.45, 7) is 4.77. The van der Waals surface area contributed by atoms with E-state index in [1.165, 1.54) is 12.1 Å². The minimum absolute atomic E-state index is 0.0356. The lowest BCUT2D eigenvalue weighted by molar-refractivity contribution is 0.571. The fourth-order valence-electron chi connectivity index (χ4n) is 1.74. The van der Waals surface area contributed by atoms with Gasteiger partial charge in [-0.2, -0.15) is 0 Å². The van der Waals surface area contributed by atoms with Crippen molar-refractivity contribution >= 4 is 15.9 Å². The Labute approximate surface area is 112 Å². The average Bonchev–Trinajstić information content (AvgIpc) is 2.23. The topological polar surface area (TPSA) is 96.0 Å². The summed E-state index contributed by atoms with van der Waals surface area (Å²) in [4.78, 5) is 0.0738. The van der Waals surface area contributed by atoms with Crippen molar-refractivity contribution < 1.29 is 12.8 Å². The molecule has 0 bridgehead atoms. The monoisotopic (exact) mass is 287 g/mol. The Hall–Kier alpha value is -1.47. The number of nitrogens with two attached hydrogens (primary N) is 1. The highest BCUT2D eigenvalue weighted by molar-refractivity contribution is 7.89. The highest BCUT2D eigenvalue weighted by Crippen LogP contribution is 2.21. The van der Waals surface area contributed by atoms with Gasteiger partial charge in [0.1, 0.15) is 5.82 Å².